The molecule has 0 aliphatic carbocycles. The van der Waals surface area contributed by atoms with Crippen molar-refractivity contribution in [2.24, 2.45) is 0 Å². The molecule has 0 radical (unpaired) electrons. The minimum absolute atomic E-state index is 0.0470. The van der Waals surface area contributed by atoms with Crippen LogP contribution < -0.4 is 14.2 Å². The standard InChI is InChI=1S/C22H31N3O5.H2O4S/c1-28-18-14-17(15-19(29-2)22(18)30-3)6-7-20(26)25-12-10-23(11-13-25)16-21(27)24-8-4-5-9-24;1-5(2,3)4/h6-7,14-15H,4-5,8-13,16H2,1-3H3;(H2,1,2,3,4)/b7-6+;. The van der Waals surface area contributed by atoms with Gasteiger partial charge in [0, 0.05) is 45.3 Å². The molecule has 2 amide bonds. The molecule has 1 aromatic rings. The Morgan fingerprint density at radius 2 is 1.40 bits per heavy atom. The Hall–Kier alpha value is -2.87. The SMILES string of the molecule is COc1cc(/C=C/C(=O)N2CCN(CC(=O)N3CCCC3)CC2)cc(OC)c1OC.O=S(=O)(O)O. The van der Waals surface area contributed by atoms with Crippen molar-refractivity contribution < 1.29 is 41.3 Å². The highest BCUT2D eigenvalue weighted by Gasteiger charge is 2.24. The molecule has 2 heterocycles. The minimum Gasteiger partial charge on any atom is -0.493 e. The second-order valence-electron chi connectivity index (χ2n) is 7.93. The van der Waals surface area contributed by atoms with Gasteiger partial charge in [-0.3, -0.25) is 23.6 Å². The maximum absolute atomic E-state index is 12.6. The molecule has 2 aliphatic heterocycles. The molecule has 0 atom stereocenters. The second-order valence-corrected chi connectivity index (χ2v) is 8.82. The first-order valence-electron chi connectivity index (χ1n) is 11.0. The second kappa shape index (κ2) is 13.3. The van der Waals surface area contributed by atoms with E-state index >= 15 is 0 Å². The third-order valence-electron chi connectivity index (χ3n) is 5.61. The van der Waals surface area contributed by atoms with Crippen LogP contribution in [0.25, 0.3) is 6.08 Å². The van der Waals surface area contributed by atoms with Gasteiger partial charge in [0.25, 0.3) is 0 Å². The van der Waals surface area contributed by atoms with Gasteiger partial charge < -0.3 is 24.0 Å². The van der Waals surface area contributed by atoms with Crippen molar-refractivity contribution in [3.8, 4) is 17.2 Å². The molecule has 196 valence electrons. The average Bonchev–Trinajstić information content (AvgIpc) is 3.36. The number of carbonyl (C=O) groups excluding carboxylic acids is 2. The summed E-state index contributed by atoms with van der Waals surface area (Å²) in [6.07, 6.45) is 5.51. The zero-order chi connectivity index (χ0) is 26.0. The fraction of sp³-hybridized carbons (Fsp3) is 0.545. The molecule has 0 unspecified atom stereocenters. The van der Waals surface area contributed by atoms with E-state index in [2.05, 4.69) is 4.90 Å². The number of hydrogen-bond donors (Lipinski definition) is 2. The Morgan fingerprint density at radius 1 is 0.886 bits per heavy atom. The van der Waals surface area contributed by atoms with E-state index in [0.717, 1.165) is 31.5 Å². The van der Waals surface area contributed by atoms with Gasteiger partial charge in [0.1, 0.15) is 0 Å². The number of rotatable bonds is 7. The molecular formula is C22H33N3O9S. The molecule has 1 aromatic carbocycles. The van der Waals surface area contributed by atoms with Crippen LogP contribution in [0.3, 0.4) is 0 Å². The predicted molar refractivity (Wildman–Crippen MR) is 128 cm³/mol. The lowest BCUT2D eigenvalue weighted by molar-refractivity contribution is -0.132. The van der Waals surface area contributed by atoms with Crippen LogP contribution in [0.4, 0.5) is 0 Å². The molecule has 0 bridgehead atoms. The first kappa shape index (κ1) is 28.4. The van der Waals surface area contributed by atoms with Crippen molar-refractivity contribution in [2.45, 2.75) is 12.8 Å². The fourth-order valence-electron chi connectivity index (χ4n) is 3.85. The van der Waals surface area contributed by atoms with E-state index in [0.29, 0.717) is 50.0 Å². The molecule has 13 heteroatoms. The quantitative estimate of drug-likeness (QED) is 0.396. The molecule has 2 aliphatic rings. The molecule has 35 heavy (non-hydrogen) atoms. The summed E-state index contributed by atoms with van der Waals surface area (Å²) in [5.74, 6) is 1.76. The van der Waals surface area contributed by atoms with E-state index in [1.807, 2.05) is 9.80 Å². The lowest BCUT2D eigenvalue weighted by Crippen LogP contribution is -2.51. The van der Waals surface area contributed by atoms with Gasteiger partial charge in [-0.05, 0) is 36.6 Å². The van der Waals surface area contributed by atoms with Gasteiger partial charge in [0.05, 0.1) is 27.9 Å². The van der Waals surface area contributed by atoms with Gasteiger partial charge in [-0.2, -0.15) is 8.42 Å². The number of carbonyl (C=O) groups is 2. The summed E-state index contributed by atoms with van der Waals surface area (Å²) < 4.78 is 47.6. The number of piperazine rings is 1. The fourth-order valence-corrected chi connectivity index (χ4v) is 3.85. The number of hydrogen-bond acceptors (Lipinski definition) is 8. The third kappa shape index (κ3) is 9.36. The van der Waals surface area contributed by atoms with Gasteiger partial charge in [-0.1, -0.05) is 0 Å². The monoisotopic (exact) mass is 515 g/mol. The van der Waals surface area contributed by atoms with E-state index in [1.54, 1.807) is 45.6 Å². The maximum Gasteiger partial charge on any atom is 0.394 e. The number of benzene rings is 1. The molecular weight excluding hydrogens is 482 g/mol. The summed E-state index contributed by atoms with van der Waals surface area (Å²) in [4.78, 5) is 30.8. The van der Waals surface area contributed by atoms with Gasteiger partial charge in [0.2, 0.25) is 17.6 Å². The van der Waals surface area contributed by atoms with Crippen LogP contribution in [-0.4, -0.2) is 111 Å². The van der Waals surface area contributed by atoms with Crippen molar-refractivity contribution in [1.82, 2.24) is 14.7 Å². The lowest BCUT2D eigenvalue weighted by atomic mass is 10.1. The van der Waals surface area contributed by atoms with Crippen molar-refractivity contribution >= 4 is 28.3 Å². The Balaban J connectivity index is 0.000000784. The third-order valence-corrected chi connectivity index (χ3v) is 5.61. The van der Waals surface area contributed by atoms with Crippen LogP contribution in [0, 0.1) is 0 Å². The molecule has 0 aromatic heterocycles. The van der Waals surface area contributed by atoms with Crippen LogP contribution in [-0.2, 0) is 20.0 Å². The van der Waals surface area contributed by atoms with Crippen LogP contribution in [0.5, 0.6) is 17.2 Å². The zero-order valence-electron chi connectivity index (χ0n) is 20.2. The highest BCUT2D eigenvalue weighted by atomic mass is 32.3. The summed E-state index contributed by atoms with van der Waals surface area (Å²) in [6, 6.07) is 3.60. The minimum atomic E-state index is -4.67. The predicted octanol–water partition coefficient (Wildman–Crippen LogP) is 0.839. The van der Waals surface area contributed by atoms with E-state index < -0.39 is 10.4 Å². The Kier molecular flexibility index (Phi) is 10.8. The topological polar surface area (TPSA) is 146 Å². The van der Waals surface area contributed by atoms with Crippen LogP contribution >= 0.6 is 0 Å². The van der Waals surface area contributed by atoms with Gasteiger partial charge in [0.15, 0.2) is 11.5 Å². The first-order chi connectivity index (χ1) is 16.5. The number of amides is 2. The number of nitrogens with zero attached hydrogens (tertiary/aromatic N) is 3. The smallest absolute Gasteiger partial charge is 0.394 e. The highest BCUT2D eigenvalue weighted by Crippen LogP contribution is 2.38. The van der Waals surface area contributed by atoms with Gasteiger partial charge in [-0.25, -0.2) is 0 Å². The summed E-state index contributed by atoms with van der Waals surface area (Å²) >= 11 is 0. The average molecular weight is 516 g/mol. The molecule has 2 saturated heterocycles. The van der Waals surface area contributed by atoms with E-state index in [9.17, 15) is 9.59 Å². The van der Waals surface area contributed by atoms with Gasteiger partial charge in [-0.15, -0.1) is 0 Å². The molecule has 12 nitrogen and oxygen atoms in total. The molecule has 2 N–H and O–H groups in total. The lowest BCUT2D eigenvalue weighted by Gasteiger charge is -2.34. The van der Waals surface area contributed by atoms with Crippen molar-refractivity contribution in [1.29, 1.82) is 0 Å². The number of methoxy groups -OCH3 is 3. The van der Waals surface area contributed by atoms with Crippen LogP contribution in [0.15, 0.2) is 18.2 Å². The molecule has 3 rings (SSSR count). The summed E-state index contributed by atoms with van der Waals surface area (Å²) in [5, 5.41) is 0. The number of likely N-dealkylation sites (tertiary alicyclic amines) is 1. The maximum atomic E-state index is 12.6. The largest absolute Gasteiger partial charge is 0.493 e. The van der Waals surface area contributed by atoms with E-state index in [-0.39, 0.29) is 11.8 Å². The Bertz CT molecular complexity index is 966. The van der Waals surface area contributed by atoms with Crippen LogP contribution in [0.2, 0.25) is 0 Å². The number of ether oxygens (including phenoxy) is 3. The van der Waals surface area contributed by atoms with Crippen molar-refractivity contribution in [3.05, 3.63) is 23.8 Å². The van der Waals surface area contributed by atoms with E-state index in [1.165, 1.54) is 0 Å². The normalized spacial score (nSPS) is 16.6. The zero-order valence-corrected chi connectivity index (χ0v) is 21.0. The Morgan fingerprint density at radius 3 is 1.86 bits per heavy atom. The molecule has 2 fully saturated rings. The summed E-state index contributed by atoms with van der Waals surface area (Å²) in [5.41, 5.74) is 0.785. The highest BCUT2D eigenvalue weighted by molar-refractivity contribution is 7.79. The Labute approximate surface area is 205 Å². The summed E-state index contributed by atoms with van der Waals surface area (Å²) in [7, 11) is 0.00550. The van der Waals surface area contributed by atoms with Crippen molar-refractivity contribution in [2.75, 3.05) is 67.1 Å². The molecule has 0 saturated carbocycles. The summed E-state index contributed by atoms with van der Waals surface area (Å²) in [6.45, 7) is 4.86. The molecule has 0 spiro atoms. The van der Waals surface area contributed by atoms with E-state index in [4.69, 9.17) is 31.7 Å². The van der Waals surface area contributed by atoms with Crippen LogP contribution in [0.1, 0.15) is 18.4 Å². The van der Waals surface area contributed by atoms with Crippen molar-refractivity contribution in [3.63, 3.8) is 0 Å². The first-order valence-corrected chi connectivity index (χ1v) is 12.4. The van der Waals surface area contributed by atoms with Gasteiger partial charge >= 0.3 is 10.4 Å².